The summed E-state index contributed by atoms with van der Waals surface area (Å²) in [6.07, 6.45) is 0. The largest absolute Gasteiger partial charge is 0.245 e. The first kappa shape index (κ1) is 29.8. The Balaban J connectivity index is 1.02. The van der Waals surface area contributed by atoms with Crippen molar-refractivity contribution in [2.24, 2.45) is 0 Å². The minimum atomic E-state index is 0.716. The van der Waals surface area contributed by atoms with Crippen molar-refractivity contribution < 1.29 is 0 Å². The van der Waals surface area contributed by atoms with Gasteiger partial charge in [0.05, 0.1) is 33.6 Å². The fourth-order valence-corrected chi connectivity index (χ4v) is 7.11. The van der Waals surface area contributed by atoms with E-state index in [0.29, 0.717) is 5.82 Å². The van der Waals surface area contributed by atoms with Crippen molar-refractivity contribution in [1.82, 2.24) is 19.9 Å². The van der Waals surface area contributed by atoms with Gasteiger partial charge in [-0.3, -0.25) is 0 Å². The van der Waals surface area contributed by atoms with Gasteiger partial charge in [0.15, 0.2) is 5.82 Å². The van der Waals surface area contributed by atoms with E-state index in [0.717, 1.165) is 83.2 Å². The zero-order valence-corrected chi connectivity index (χ0v) is 28.1. The summed E-state index contributed by atoms with van der Waals surface area (Å²) in [4.78, 5) is 20.5. The molecule has 0 aliphatic rings. The lowest BCUT2D eigenvalue weighted by molar-refractivity contribution is 1.23. The summed E-state index contributed by atoms with van der Waals surface area (Å²) in [5, 5.41) is 5.59. The van der Waals surface area contributed by atoms with E-state index < -0.39 is 0 Å². The molecule has 0 spiro atoms. The molecule has 242 valence electrons. The van der Waals surface area contributed by atoms with E-state index in [9.17, 15) is 0 Å². The van der Waals surface area contributed by atoms with Gasteiger partial charge in [-0.1, -0.05) is 152 Å². The highest BCUT2D eigenvalue weighted by Crippen LogP contribution is 2.34. The van der Waals surface area contributed by atoms with E-state index in [1.54, 1.807) is 0 Å². The Morgan fingerprint density at radius 2 is 0.827 bits per heavy atom. The Morgan fingerprint density at radius 1 is 0.288 bits per heavy atom. The first-order valence-electron chi connectivity index (χ1n) is 17.5. The molecular weight excluding hydrogens is 633 g/mol. The molecule has 0 bridgehead atoms. The van der Waals surface area contributed by atoms with Gasteiger partial charge in [-0.15, -0.1) is 0 Å². The number of benzene rings is 7. The molecule has 0 aliphatic heterocycles. The standard InChI is InChI=1S/C48H30N4/c1-3-10-34(11-4-1)45-41-26-23-39(30-44(41)51-48(52-45)37-12-5-2-6-13-37)32-15-18-33(19-16-32)42-27-24-35-20-21-36-25-28-43(50-47(36)46(35)49-42)40-22-17-31-9-7-8-14-38(31)29-40/h1-30H. The number of rotatable bonds is 5. The summed E-state index contributed by atoms with van der Waals surface area (Å²) in [5.74, 6) is 0.716. The van der Waals surface area contributed by atoms with Crippen LogP contribution in [-0.4, -0.2) is 19.9 Å². The maximum atomic E-state index is 5.20. The average Bonchev–Trinajstić information content (AvgIpc) is 3.23. The quantitative estimate of drug-likeness (QED) is 0.172. The molecule has 0 aliphatic carbocycles. The average molecular weight is 663 g/mol. The van der Waals surface area contributed by atoms with Crippen molar-refractivity contribution in [2.75, 3.05) is 0 Å². The zero-order chi connectivity index (χ0) is 34.4. The molecule has 0 fully saturated rings. The molecule has 10 aromatic rings. The Bertz CT molecular complexity index is 2940. The van der Waals surface area contributed by atoms with Crippen LogP contribution in [0.2, 0.25) is 0 Å². The maximum Gasteiger partial charge on any atom is 0.160 e. The van der Waals surface area contributed by atoms with Gasteiger partial charge in [0.2, 0.25) is 0 Å². The van der Waals surface area contributed by atoms with Gasteiger partial charge in [-0.25, -0.2) is 19.9 Å². The van der Waals surface area contributed by atoms with Crippen LogP contribution in [-0.2, 0) is 0 Å². The molecule has 4 nitrogen and oxygen atoms in total. The maximum absolute atomic E-state index is 5.20. The monoisotopic (exact) mass is 662 g/mol. The van der Waals surface area contributed by atoms with E-state index in [-0.39, 0.29) is 0 Å². The number of hydrogen-bond acceptors (Lipinski definition) is 4. The van der Waals surface area contributed by atoms with Crippen LogP contribution >= 0.6 is 0 Å². The third-order valence-electron chi connectivity index (χ3n) is 9.86. The molecule has 3 aromatic heterocycles. The summed E-state index contributed by atoms with van der Waals surface area (Å²) in [5.41, 5.74) is 11.9. The van der Waals surface area contributed by atoms with Crippen LogP contribution in [0.1, 0.15) is 0 Å². The Kier molecular flexibility index (Phi) is 7.10. The predicted octanol–water partition coefficient (Wildman–Crippen LogP) is 12.2. The second-order valence-electron chi connectivity index (χ2n) is 13.1. The molecule has 0 amide bonds. The van der Waals surface area contributed by atoms with Gasteiger partial charge >= 0.3 is 0 Å². The summed E-state index contributed by atoms with van der Waals surface area (Å²) >= 11 is 0. The molecule has 0 saturated heterocycles. The fourth-order valence-electron chi connectivity index (χ4n) is 7.11. The third-order valence-corrected chi connectivity index (χ3v) is 9.86. The second-order valence-corrected chi connectivity index (χ2v) is 13.1. The number of nitrogens with zero attached hydrogens (tertiary/aromatic N) is 4. The Hall–Kier alpha value is -7.04. The minimum absolute atomic E-state index is 0.716. The van der Waals surface area contributed by atoms with E-state index in [1.807, 2.05) is 36.4 Å². The van der Waals surface area contributed by atoms with Gasteiger partial charge in [0, 0.05) is 38.4 Å². The van der Waals surface area contributed by atoms with Crippen LogP contribution in [0.25, 0.3) is 99.8 Å². The smallest absolute Gasteiger partial charge is 0.160 e. The number of aromatic nitrogens is 4. The second kappa shape index (κ2) is 12.4. The molecule has 0 saturated carbocycles. The molecule has 0 unspecified atom stereocenters. The molecule has 3 heterocycles. The molecule has 52 heavy (non-hydrogen) atoms. The van der Waals surface area contributed by atoms with E-state index in [1.165, 1.54) is 10.8 Å². The zero-order valence-electron chi connectivity index (χ0n) is 28.1. The van der Waals surface area contributed by atoms with E-state index in [2.05, 4.69) is 146 Å². The fraction of sp³-hybridized carbons (Fsp3) is 0. The van der Waals surface area contributed by atoms with E-state index in [4.69, 9.17) is 19.9 Å². The van der Waals surface area contributed by atoms with Crippen molar-refractivity contribution in [2.45, 2.75) is 0 Å². The minimum Gasteiger partial charge on any atom is -0.245 e. The Labute approximate surface area is 300 Å². The molecule has 0 atom stereocenters. The molecule has 0 radical (unpaired) electrons. The van der Waals surface area contributed by atoms with Gasteiger partial charge in [-0.2, -0.15) is 0 Å². The lowest BCUT2D eigenvalue weighted by Crippen LogP contribution is -1.95. The molecule has 7 aromatic carbocycles. The van der Waals surface area contributed by atoms with Gasteiger partial charge in [0.25, 0.3) is 0 Å². The van der Waals surface area contributed by atoms with Gasteiger partial charge in [0.1, 0.15) is 0 Å². The molecular formula is C48H30N4. The summed E-state index contributed by atoms with van der Waals surface area (Å²) < 4.78 is 0. The van der Waals surface area contributed by atoms with Crippen molar-refractivity contribution in [3.63, 3.8) is 0 Å². The third kappa shape index (κ3) is 5.34. The van der Waals surface area contributed by atoms with Crippen LogP contribution in [0, 0.1) is 0 Å². The highest BCUT2D eigenvalue weighted by atomic mass is 14.9. The van der Waals surface area contributed by atoms with Crippen molar-refractivity contribution in [1.29, 1.82) is 0 Å². The lowest BCUT2D eigenvalue weighted by Gasteiger charge is -2.11. The van der Waals surface area contributed by atoms with Crippen LogP contribution in [0.5, 0.6) is 0 Å². The topological polar surface area (TPSA) is 51.6 Å². The molecule has 0 N–H and O–H groups in total. The SMILES string of the molecule is c1ccc(-c2nc(-c3ccccc3)c3ccc(-c4ccc(-c5ccc6ccc7ccc(-c8ccc9ccccc9c8)nc7c6n5)cc4)cc3n2)cc1. The Morgan fingerprint density at radius 3 is 1.54 bits per heavy atom. The molecule has 4 heteroatoms. The van der Waals surface area contributed by atoms with Crippen molar-refractivity contribution in [3.8, 4) is 56.3 Å². The van der Waals surface area contributed by atoms with Crippen LogP contribution in [0.4, 0.5) is 0 Å². The van der Waals surface area contributed by atoms with Crippen LogP contribution < -0.4 is 0 Å². The molecule has 10 rings (SSSR count). The van der Waals surface area contributed by atoms with E-state index >= 15 is 0 Å². The predicted molar refractivity (Wildman–Crippen MR) is 215 cm³/mol. The number of hydrogen-bond donors (Lipinski definition) is 0. The summed E-state index contributed by atoms with van der Waals surface area (Å²) in [7, 11) is 0. The van der Waals surface area contributed by atoms with Gasteiger partial charge < -0.3 is 0 Å². The van der Waals surface area contributed by atoms with Crippen LogP contribution in [0.3, 0.4) is 0 Å². The number of fused-ring (bicyclic) bond motifs is 5. The number of pyridine rings is 2. The summed E-state index contributed by atoms with van der Waals surface area (Å²) in [6.45, 7) is 0. The van der Waals surface area contributed by atoms with Crippen molar-refractivity contribution in [3.05, 3.63) is 182 Å². The lowest BCUT2D eigenvalue weighted by atomic mass is 9.99. The van der Waals surface area contributed by atoms with Crippen LogP contribution in [0.15, 0.2) is 182 Å². The highest BCUT2D eigenvalue weighted by molar-refractivity contribution is 6.04. The first-order valence-corrected chi connectivity index (χ1v) is 17.5. The highest BCUT2D eigenvalue weighted by Gasteiger charge is 2.14. The normalized spacial score (nSPS) is 11.5. The van der Waals surface area contributed by atoms with Crippen molar-refractivity contribution >= 4 is 43.5 Å². The summed E-state index contributed by atoms with van der Waals surface area (Å²) in [6, 6.07) is 63.3. The first-order chi connectivity index (χ1) is 25.7. The van der Waals surface area contributed by atoms with Gasteiger partial charge in [-0.05, 0) is 52.2 Å².